The van der Waals surface area contributed by atoms with Gasteiger partial charge in [-0.25, -0.2) is 0 Å². The van der Waals surface area contributed by atoms with Gasteiger partial charge in [-0.2, -0.15) is 5.26 Å². The molecule has 2 atom stereocenters. The third-order valence-electron chi connectivity index (χ3n) is 3.45. The zero-order valence-electron chi connectivity index (χ0n) is 10.8. The molecule has 2 rings (SSSR count). The minimum absolute atomic E-state index is 0.507. The Hall–Kier alpha value is -1.08. The van der Waals surface area contributed by atoms with Crippen LogP contribution in [0.2, 0.25) is 5.02 Å². The van der Waals surface area contributed by atoms with Crippen molar-refractivity contribution >= 4 is 11.6 Å². The maximum Gasteiger partial charge on any atom is 0.0992 e. The summed E-state index contributed by atoms with van der Waals surface area (Å²) in [5, 5.41) is 13.0. The fourth-order valence-electron chi connectivity index (χ4n) is 2.28. The van der Waals surface area contributed by atoms with E-state index in [4.69, 9.17) is 16.9 Å². The van der Waals surface area contributed by atoms with Crippen molar-refractivity contribution < 1.29 is 0 Å². The molecule has 18 heavy (non-hydrogen) atoms. The van der Waals surface area contributed by atoms with Crippen LogP contribution in [0.5, 0.6) is 0 Å². The summed E-state index contributed by atoms with van der Waals surface area (Å²) in [6.07, 6.45) is 0. The lowest BCUT2D eigenvalue weighted by Crippen LogP contribution is -2.53. The van der Waals surface area contributed by atoms with Crippen LogP contribution in [0.15, 0.2) is 18.2 Å². The molecule has 3 nitrogen and oxygen atoms in total. The van der Waals surface area contributed by atoms with E-state index >= 15 is 0 Å². The highest BCUT2D eigenvalue weighted by molar-refractivity contribution is 6.31. The van der Waals surface area contributed by atoms with Gasteiger partial charge in [0, 0.05) is 36.7 Å². The van der Waals surface area contributed by atoms with Gasteiger partial charge in [0.1, 0.15) is 0 Å². The van der Waals surface area contributed by atoms with Gasteiger partial charge in [0.2, 0.25) is 0 Å². The summed E-state index contributed by atoms with van der Waals surface area (Å²) in [6.45, 7) is 7.29. The summed E-state index contributed by atoms with van der Waals surface area (Å²) in [6, 6.07) is 8.66. The number of nitriles is 1. The van der Waals surface area contributed by atoms with E-state index in [0.717, 1.165) is 25.2 Å². The highest BCUT2D eigenvalue weighted by Gasteiger charge is 2.22. The van der Waals surface area contributed by atoms with Crippen molar-refractivity contribution in [1.29, 1.82) is 5.26 Å². The molecule has 0 aromatic heterocycles. The van der Waals surface area contributed by atoms with E-state index in [1.165, 1.54) is 0 Å². The predicted octanol–water partition coefficient (Wildman–Crippen LogP) is 2.39. The number of hydrogen-bond acceptors (Lipinski definition) is 3. The van der Waals surface area contributed by atoms with Crippen molar-refractivity contribution in [3.05, 3.63) is 34.3 Å². The molecule has 1 fully saturated rings. The highest BCUT2D eigenvalue weighted by Crippen LogP contribution is 2.21. The quantitative estimate of drug-likeness (QED) is 0.891. The zero-order chi connectivity index (χ0) is 13.1. The molecule has 0 radical (unpaired) electrons. The molecular weight excluding hydrogens is 246 g/mol. The largest absolute Gasteiger partial charge is 0.311 e. The van der Waals surface area contributed by atoms with Crippen molar-refractivity contribution in [1.82, 2.24) is 10.2 Å². The van der Waals surface area contributed by atoms with Crippen LogP contribution < -0.4 is 5.32 Å². The Kier molecular flexibility index (Phi) is 4.23. The second-order valence-electron chi connectivity index (χ2n) is 5.01. The predicted molar refractivity (Wildman–Crippen MR) is 73.5 cm³/mol. The average molecular weight is 264 g/mol. The number of hydrogen-bond donors (Lipinski definition) is 1. The Morgan fingerprint density at radius 2 is 2.28 bits per heavy atom. The summed E-state index contributed by atoms with van der Waals surface area (Å²) >= 11 is 6.22. The summed E-state index contributed by atoms with van der Waals surface area (Å²) < 4.78 is 0. The van der Waals surface area contributed by atoms with Gasteiger partial charge >= 0.3 is 0 Å². The molecule has 1 N–H and O–H groups in total. The van der Waals surface area contributed by atoms with Crippen LogP contribution in [-0.4, -0.2) is 30.1 Å². The number of halogens is 1. The first-order valence-electron chi connectivity index (χ1n) is 6.26. The fraction of sp³-hybridized carbons (Fsp3) is 0.500. The van der Waals surface area contributed by atoms with Crippen molar-refractivity contribution in [3.63, 3.8) is 0 Å². The SMILES string of the molecule is CC1CN(Cc2ccc(C#N)cc2Cl)C(C)CN1. The van der Waals surface area contributed by atoms with E-state index in [1.54, 1.807) is 6.07 Å². The van der Waals surface area contributed by atoms with Crippen LogP contribution in [0, 0.1) is 11.3 Å². The van der Waals surface area contributed by atoms with Crippen molar-refractivity contribution in [3.8, 4) is 6.07 Å². The normalized spacial score (nSPS) is 24.8. The molecule has 2 unspecified atom stereocenters. The lowest BCUT2D eigenvalue weighted by atomic mass is 10.1. The molecule has 0 amide bonds. The van der Waals surface area contributed by atoms with Crippen molar-refractivity contribution in [2.75, 3.05) is 13.1 Å². The lowest BCUT2D eigenvalue weighted by molar-refractivity contribution is 0.139. The molecule has 1 heterocycles. The number of nitrogens with one attached hydrogen (secondary N) is 1. The van der Waals surface area contributed by atoms with E-state index in [-0.39, 0.29) is 0 Å². The minimum atomic E-state index is 0.507. The Labute approximate surface area is 113 Å². The van der Waals surface area contributed by atoms with Gasteiger partial charge < -0.3 is 5.32 Å². The summed E-state index contributed by atoms with van der Waals surface area (Å²) in [5.74, 6) is 0. The number of piperazine rings is 1. The minimum Gasteiger partial charge on any atom is -0.311 e. The summed E-state index contributed by atoms with van der Waals surface area (Å²) in [4.78, 5) is 2.43. The van der Waals surface area contributed by atoms with Crippen LogP contribution in [0.1, 0.15) is 25.0 Å². The Morgan fingerprint density at radius 1 is 1.50 bits per heavy atom. The molecule has 1 aromatic rings. The third kappa shape index (κ3) is 3.02. The maximum absolute atomic E-state index is 8.82. The molecule has 0 bridgehead atoms. The monoisotopic (exact) mass is 263 g/mol. The van der Waals surface area contributed by atoms with Gasteiger partial charge in [-0.1, -0.05) is 17.7 Å². The van der Waals surface area contributed by atoms with Gasteiger partial charge in [0.25, 0.3) is 0 Å². The number of nitrogens with zero attached hydrogens (tertiary/aromatic N) is 2. The van der Waals surface area contributed by atoms with Crippen molar-refractivity contribution in [2.24, 2.45) is 0 Å². The van der Waals surface area contributed by atoms with E-state index in [1.807, 2.05) is 12.1 Å². The first kappa shape index (κ1) is 13.4. The second-order valence-corrected chi connectivity index (χ2v) is 5.41. The van der Waals surface area contributed by atoms with Gasteiger partial charge in [-0.3, -0.25) is 4.90 Å². The average Bonchev–Trinajstić information content (AvgIpc) is 2.36. The number of benzene rings is 1. The van der Waals surface area contributed by atoms with Crippen LogP contribution in [0.3, 0.4) is 0 Å². The molecule has 1 saturated heterocycles. The van der Waals surface area contributed by atoms with E-state index in [0.29, 0.717) is 22.7 Å². The Bertz CT molecular complexity index is 467. The van der Waals surface area contributed by atoms with Crippen molar-refractivity contribution in [2.45, 2.75) is 32.5 Å². The molecule has 1 aromatic carbocycles. The van der Waals surface area contributed by atoms with Gasteiger partial charge in [0.05, 0.1) is 11.6 Å². The molecule has 0 saturated carbocycles. The van der Waals surface area contributed by atoms with Gasteiger partial charge in [0.15, 0.2) is 0 Å². The zero-order valence-corrected chi connectivity index (χ0v) is 11.5. The smallest absolute Gasteiger partial charge is 0.0992 e. The topological polar surface area (TPSA) is 39.1 Å². The van der Waals surface area contributed by atoms with Crippen LogP contribution >= 0.6 is 11.6 Å². The molecule has 0 aliphatic carbocycles. The number of rotatable bonds is 2. The third-order valence-corrected chi connectivity index (χ3v) is 3.80. The standard InChI is InChI=1S/C14H18ClN3/c1-10-8-18(11(2)7-17-10)9-13-4-3-12(6-16)5-14(13)15/h3-5,10-11,17H,7-9H2,1-2H3. The van der Waals surface area contributed by atoms with E-state index in [9.17, 15) is 0 Å². The molecule has 1 aliphatic heterocycles. The summed E-state index contributed by atoms with van der Waals surface area (Å²) in [7, 11) is 0. The highest BCUT2D eigenvalue weighted by atomic mass is 35.5. The summed E-state index contributed by atoms with van der Waals surface area (Å²) in [5.41, 5.74) is 1.71. The van der Waals surface area contributed by atoms with Crippen LogP contribution in [0.25, 0.3) is 0 Å². The van der Waals surface area contributed by atoms with Gasteiger partial charge in [-0.05, 0) is 31.5 Å². The Balaban J connectivity index is 2.11. The van der Waals surface area contributed by atoms with Crippen LogP contribution in [0.4, 0.5) is 0 Å². The van der Waals surface area contributed by atoms with E-state index < -0.39 is 0 Å². The van der Waals surface area contributed by atoms with Crippen LogP contribution in [-0.2, 0) is 6.54 Å². The first-order valence-corrected chi connectivity index (χ1v) is 6.64. The Morgan fingerprint density at radius 3 is 2.94 bits per heavy atom. The fourth-order valence-corrected chi connectivity index (χ4v) is 2.52. The second kappa shape index (κ2) is 5.71. The molecule has 1 aliphatic rings. The first-order chi connectivity index (χ1) is 8.60. The molecule has 4 heteroatoms. The maximum atomic E-state index is 8.82. The van der Waals surface area contributed by atoms with Gasteiger partial charge in [-0.15, -0.1) is 0 Å². The molecule has 0 spiro atoms. The molecular formula is C14H18ClN3. The molecule has 96 valence electrons. The lowest BCUT2D eigenvalue weighted by Gasteiger charge is -2.37. The van der Waals surface area contributed by atoms with E-state index in [2.05, 4.69) is 30.1 Å².